The number of carbonyl (C=O) groups is 3. The lowest BCUT2D eigenvalue weighted by molar-refractivity contribution is -0.130. The minimum atomic E-state index is -0.758. The summed E-state index contributed by atoms with van der Waals surface area (Å²) in [5, 5.41) is 2.68. The molecule has 130 valence electrons. The van der Waals surface area contributed by atoms with E-state index in [9.17, 15) is 14.4 Å². The number of amides is 3. The highest BCUT2D eigenvalue weighted by atomic mass is 35.5. The number of nitrogens with one attached hydrogen (secondary N) is 1. The third-order valence-corrected chi connectivity index (χ3v) is 3.52. The fourth-order valence-electron chi connectivity index (χ4n) is 2.12. The lowest BCUT2D eigenvalue weighted by Crippen LogP contribution is -2.37. The van der Waals surface area contributed by atoms with Gasteiger partial charge in [0.05, 0.1) is 24.3 Å². The summed E-state index contributed by atoms with van der Waals surface area (Å²) in [6.07, 6.45) is 0. The number of rotatable bonds is 6. The average Bonchev–Trinajstić information content (AvgIpc) is 3.00. The van der Waals surface area contributed by atoms with E-state index in [4.69, 9.17) is 25.8 Å². The molecule has 1 fully saturated rings. The van der Waals surface area contributed by atoms with Crippen LogP contribution in [0.25, 0.3) is 0 Å². The normalized spacial score (nSPS) is 13.5. The van der Waals surface area contributed by atoms with Gasteiger partial charge in [0.1, 0.15) is 0 Å². The maximum Gasteiger partial charge on any atom is 0.338 e. The number of halogens is 1. The van der Waals surface area contributed by atoms with Crippen LogP contribution in [0.4, 0.5) is 4.79 Å². The number of methoxy groups -OCH3 is 1. The Morgan fingerprint density at radius 1 is 1.38 bits per heavy atom. The van der Waals surface area contributed by atoms with E-state index in [0.29, 0.717) is 18.9 Å². The molecule has 1 saturated heterocycles. The molecule has 0 saturated carbocycles. The predicted molar refractivity (Wildman–Crippen MR) is 84.6 cm³/mol. The van der Waals surface area contributed by atoms with Crippen molar-refractivity contribution in [3.63, 3.8) is 0 Å². The van der Waals surface area contributed by atoms with E-state index in [1.165, 1.54) is 19.2 Å². The third kappa shape index (κ3) is 3.88. The van der Waals surface area contributed by atoms with E-state index in [0.717, 1.165) is 4.90 Å². The zero-order valence-corrected chi connectivity index (χ0v) is 14.0. The lowest BCUT2D eigenvalue weighted by atomic mass is 10.2. The summed E-state index contributed by atoms with van der Waals surface area (Å²) >= 11 is 6.08. The first-order chi connectivity index (χ1) is 11.5. The molecule has 1 aromatic rings. The molecular formula is C15H17ClN2O6. The van der Waals surface area contributed by atoms with E-state index in [1.807, 2.05) is 0 Å². The Hall–Kier alpha value is -2.48. The number of urea groups is 1. The molecule has 0 radical (unpaired) electrons. The van der Waals surface area contributed by atoms with Crippen molar-refractivity contribution in [3.05, 3.63) is 22.7 Å². The van der Waals surface area contributed by atoms with E-state index >= 15 is 0 Å². The summed E-state index contributed by atoms with van der Waals surface area (Å²) in [7, 11) is 1.42. The molecule has 0 unspecified atom stereocenters. The first-order valence-corrected chi connectivity index (χ1v) is 7.61. The smallest absolute Gasteiger partial charge is 0.338 e. The van der Waals surface area contributed by atoms with Crippen molar-refractivity contribution in [1.82, 2.24) is 10.2 Å². The van der Waals surface area contributed by atoms with Gasteiger partial charge in [0.25, 0.3) is 5.91 Å². The largest absolute Gasteiger partial charge is 0.493 e. The van der Waals surface area contributed by atoms with Crippen LogP contribution in [0.2, 0.25) is 5.02 Å². The Morgan fingerprint density at radius 3 is 2.71 bits per heavy atom. The van der Waals surface area contributed by atoms with Crippen LogP contribution in [0, 0.1) is 0 Å². The van der Waals surface area contributed by atoms with Crippen LogP contribution < -0.4 is 14.8 Å². The van der Waals surface area contributed by atoms with Gasteiger partial charge in [-0.05, 0) is 19.1 Å². The van der Waals surface area contributed by atoms with Gasteiger partial charge in [0, 0.05) is 13.1 Å². The molecule has 9 heteroatoms. The SMILES string of the molecule is CCOc1c(Cl)cc(C(=O)OCC(=O)N2CCNC2=O)cc1OC. The Morgan fingerprint density at radius 2 is 2.12 bits per heavy atom. The summed E-state index contributed by atoms with van der Waals surface area (Å²) < 4.78 is 15.4. The van der Waals surface area contributed by atoms with E-state index in [2.05, 4.69) is 5.32 Å². The third-order valence-electron chi connectivity index (χ3n) is 3.24. The Kier molecular flexibility index (Phi) is 5.86. The summed E-state index contributed by atoms with van der Waals surface area (Å²) in [5.41, 5.74) is 0.110. The molecule has 0 aliphatic carbocycles. The van der Waals surface area contributed by atoms with Gasteiger partial charge < -0.3 is 19.5 Å². The highest BCUT2D eigenvalue weighted by molar-refractivity contribution is 6.32. The number of esters is 1. The number of ether oxygens (including phenoxy) is 3. The van der Waals surface area contributed by atoms with E-state index in [1.54, 1.807) is 6.92 Å². The topological polar surface area (TPSA) is 94.2 Å². The number of imide groups is 1. The number of carbonyl (C=O) groups excluding carboxylic acids is 3. The molecule has 0 atom stereocenters. The molecule has 0 aromatic heterocycles. The van der Waals surface area contributed by atoms with Gasteiger partial charge in [0.15, 0.2) is 18.1 Å². The minimum Gasteiger partial charge on any atom is -0.493 e. The second kappa shape index (κ2) is 7.87. The van der Waals surface area contributed by atoms with Gasteiger partial charge in [-0.1, -0.05) is 11.6 Å². The van der Waals surface area contributed by atoms with E-state index in [-0.39, 0.29) is 22.9 Å². The average molecular weight is 357 g/mol. The fourth-order valence-corrected chi connectivity index (χ4v) is 2.39. The van der Waals surface area contributed by atoms with Crippen LogP contribution in [0.3, 0.4) is 0 Å². The molecule has 0 bridgehead atoms. The molecule has 24 heavy (non-hydrogen) atoms. The van der Waals surface area contributed by atoms with Gasteiger partial charge in [-0.25, -0.2) is 9.59 Å². The zero-order chi connectivity index (χ0) is 17.7. The zero-order valence-electron chi connectivity index (χ0n) is 13.3. The molecule has 1 aliphatic heterocycles. The molecule has 1 heterocycles. The fraction of sp³-hybridized carbons (Fsp3) is 0.400. The van der Waals surface area contributed by atoms with Crippen molar-refractivity contribution >= 4 is 29.5 Å². The lowest BCUT2D eigenvalue weighted by Gasteiger charge is -2.14. The maximum absolute atomic E-state index is 12.1. The molecular weight excluding hydrogens is 340 g/mol. The van der Waals surface area contributed by atoms with Crippen LogP contribution in [-0.2, 0) is 9.53 Å². The van der Waals surface area contributed by atoms with Gasteiger partial charge in [0.2, 0.25) is 0 Å². The molecule has 3 amide bonds. The van der Waals surface area contributed by atoms with Gasteiger partial charge in [-0.3, -0.25) is 9.69 Å². The number of hydrogen-bond donors (Lipinski definition) is 1. The summed E-state index contributed by atoms with van der Waals surface area (Å²) in [5.74, 6) is -0.752. The van der Waals surface area contributed by atoms with Crippen LogP contribution in [0.1, 0.15) is 17.3 Å². The number of benzene rings is 1. The molecule has 0 spiro atoms. The highest BCUT2D eigenvalue weighted by Crippen LogP contribution is 2.36. The van der Waals surface area contributed by atoms with Crippen molar-refractivity contribution in [2.45, 2.75) is 6.92 Å². The summed E-state index contributed by atoms with van der Waals surface area (Å²) in [6, 6.07) is 2.28. The molecule has 1 N–H and O–H groups in total. The molecule has 1 aromatic carbocycles. The minimum absolute atomic E-state index is 0.110. The van der Waals surface area contributed by atoms with Crippen molar-refractivity contribution in [2.24, 2.45) is 0 Å². The monoisotopic (exact) mass is 356 g/mol. The Balaban J connectivity index is 2.05. The van der Waals surface area contributed by atoms with Crippen LogP contribution >= 0.6 is 11.6 Å². The van der Waals surface area contributed by atoms with Crippen molar-refractivity contribution in [1.29, 1.82) is 0 Å². The highest BCUT2D eigenvalue weighted by Gasteiger charge is 2.27. The van der Waals surface area contributed by atoms with E-state index < -0.39 is 24.5 Å². The van der Waals surface area contributed by atoms with Crippen molar-refractivity contribution in [2.75, 3.05) is 33.4 Å². The van der Waals surface area contributed by atoms with Crippen molar-refractivity contribution in [3.8, 4) is 11.5 Å². The second-order valence-corrected chi connectivity index (χ2v) is 5.18. The standard InChI is InChI=1S/C15H17ClN2O6/c1-3-23-13-10(16)6-9(7-11(13)22-2)14(20)24-8-12(19)18-5-4-17-15(18)21/h6-7H,3-5,8H2,1-2H3,(H,17,21). The quantitative estimate of drug-likeness (QED) is 0.775. The second-order valence-electron chi connectivity index (χ2n) is 4.78. The summed E-state index contributed by atoms with van der Waals surface area (Å²) in [4.78, 5) is 36.3. The maximum atomic E-state index is 12.1. The van der Waals surface area contributed by atoms with Gasteiger partial charge in [-0.2, -0.15) is 0 Å². The number of nitrogens with zero attached hydrogens (tertiary/aromatic N) is 1. The molecule has 1 aliphatic rings. The van der Waals surface area contributed by atoms with Crippen LogP contribution in [0.5, 0.6) is 11.5 Å². The van der Waals surface area contributed by atoms with Crippen LogP contribution in [-0.4, -0.2) is 56.2 Å². The molecule has 8 nitrogen and oxygen atoms in total. The first-order valence-electron chi connectivity index (χ1n) is 7.23. The van der Waals surface area contributed by atoms with Gasteiger partial charge in [-0.15, -0.1) is 0 Å². The Labute approximate surface area is 143 Å². The van der Waals surface area contributed by atoms with Crippen LogP contribution in [0.15, 0.2) is 12.1 Å². The summed E-state index contributed by atoms with van der Waals surface area (Å²) in [6.45, 7) is 2.26. The van der Waals surface area contributed by atoms with Crippen molar-refractivity contribution < 1.29 is 28.6 Å². The predicted octanol–water partition coefficient (Wildman–Crippen LogP) is 1.46. The Bertz CT molecular complexity index is 664. The molecule has 2 rings (SSSR count). The number of hydrogen-bond acceptors (Lipinski definition) is 6. The van der Waals surface area contributed by atoms with Gasteiger partial charge >= 0.3 is 12.0 Å². The first kappa shape index (κ1) is 17.9.